The van der Waals surface area contributed by atoms with E-state index in [2.05, 4.69) is 4.72 Å². The summed E-state index contributed by atoms with van der Waals surface area (Å²) >= 11 is 0. The zero-order valence-electron chi connectivity index (χ0n) is 16.0. The zero-order valence-corrected chi connectivity index (χ0v) is 16.8. The highest BCUT2D eigenvalue weighted by Gasteiger charge is 2.25. The number of aryl methyl sites for hydroxylation is 1. The lowest BCUT2D eigenvalue weighted by atomic mass is 10.1. The van der Waals surface area contributed by atoms with Crippen molar-refractivity contribution in [2.45, 2.75) is 31.6 Å². The molecule has 3 rings (SSSR count). The predicted octanol–water partition coefficient (Wildman–Crippen LogP) is 3.02. The lowest BCUT2D eigenvalue weighted by molar-refractivity contribution is -0.117. The second-order valence-electron chi connectivity index (χ2n) is 6.67. The number of carbonyl (C=O) groups is 2. The second-order valence-corrected chi connectivity index (χ2v) is 8.35. The van der Waals surface area contributed by atoms with Gasteiger partial charge < -0.3 is 9.64 Å². The normalized spacial score (nSPS) is 14.2. The van der Waals surface area contributed by atoms with Gasteiger partial charge in [0.1, 0.15) is 0 Å². The van der Waals surface area contributed by atoms with Crippen molar-refractivity contribution < 1.29 is 22.7 Å². The van der Waals surface area contributed by atoms with Gasteiger partial charge in [-0.2, -0.15) is 0 Å². The maximum absolute atomic E-state index is 12.8. The number of hydrogen-bond acceptors (Lipinski definition) is 5. The Kier molecular flexibility index (Phi) is 5.42. The van der Waals surface area contributed by atoms with Gasteiger partial charge in [0.15, 0.2) is 0 Å². The minimum atomic E-state index is -3.87. The highest BCUT2D eigenvalue weighted by Crippen LogP contribution is 2.29. The summed E-state index contributed by atoms with van der Waals surface area (Å²) in [6.45, 7) is 4.07. The van der Waals surface area contributed by atoms with Crippen LogP contribution in [0.25, 0.3) is 0 Å². The van der Waals surface area contributed by atoms with Crippen molar-refractivity contribution >= 4 is 33.3 Å². The number of benzene rings is 2. The molecule has 7 nitrogen and oxygen atoms in total. The van der Waals surface area contributed by atoms with Crippen molar-refractivity contribution in [3.05, 3.63) is 53.1 Å². The topological polar surface area (TPSA) is 92.8 Å². The lowest BCUT2D eigenvalue weighted by Gasteiger charge is -2.19. The molecule has 1 heterocycles. The Labute approximate surface area is 164 Å². The fraction of sp³-hybridized carbons (Fsp3) is 0.300. The molecule has 0 unspecified atom stereocenters. The molecule has 28 heavy (non-hydrogen) atoms. The smallest absolute Gasteiger partial charge is 0.338 e. The van der Waals surface area contributed by atoms with Gasteiger partial charge in [-0.3, -0.25) is 9.52 Å². The van der Waals surface area contributed by atoms with Gasteiger partial charge in [-0.05, 0) is 61.7 Å². The van der Waals surface area contributed by atoms with E-state index in [1.54, 1.807) is 49.1 Å². The molecular formula is C20H22N2O5S. The Hall–Kier alpha value is -2.87. The van der Waals surface area contributed by atoms with E-state index in [0.717, 1.165) is 12.1 Å². The Bertz CT molecular complexity index is 1050. The van der Waals surface area contributed by atoms with E-state index in [9.17, 15) is 18.0 Å². The van der Waals surface area contributed by atoms with Gasteiger partial charge in [-0.15, -0.1) is 0 Å². The summed E-state index contributed by atoms with van der Waals surface area (Å²) in [5, 5.41) is 0. The molecule has 1 fully saturated rings. The molecule has 1 aliphatic rings. The molecule has 0 spiro atoms. The van der Waals surface area contributed by atoms with Gasteiger partial charge >= 0.3 is 5.97 Å². The Morgan fingerprint density at radius 2 is 1.93 bits per heavy atom. The molecule has 1 saturated heterocycles. The number of hydrogen-bond donors (Lipinski definition) is 1. The maximum Gasteiger partial charge on any atom is 0.338 e. The van der Waals surface area contributed by atoms with Crippen LogP contribution in [0, 0.1) is 13.8 Å². The van der Waals surface area contributed by atoms with E-state index in [0.29, 0.717) is 35.3 Å². The molecule has 1 amide bonds. The van der Waals surface area contributed by atoms with Crippen molar-refractivity contribution in [1.29, 1.82) is 0 Å². The fourth-order valence-electron chi connectivity index (χ4n) is 3.28. The Morgan fingerprint density at radius 1 is 1.18 bits per heavy atom. The third-order valence-corrected chi connectivity index (χ3v) is 6.19. The van der Waals surface area contributed by atoms with Crippen LogP contribution in [0.5, 0.6) is 0 Å². The largest absolute Gasteiger partial charge is 0.465 e. The van der Waals surface area contributed by atoms with E-state index in [-0.39, 0.29) is 10.8 Å². The van der Waals surface area contributed by atoms with Crippen molar-refractivity contribution in [2.75, 3.05) is 23.3 Å². The number of esters is 1. The average molecular weight is 402 g/mol. The minimum Gasteiger partial charge on any atom is -0.465 e. The first kappa shape index (κ1) is 19.9. The summed E-state index contributed by atoms with van der Waals surface area (Å²) in [4.78, 5) is 25.6. The highest BCUT2D eigenvalue weighted by molar-refractivity contribution is 7.92. The molecule has 1 N–H and O–H groups in total. The summed E-state index contributed by atoms with van der Waals surface area (Å²) < 4.78 is 32.9. The van der Waals surface area contributed by atoms with E-state index >= 15 is 0 Å². The molecule has 0 saturated carbocycles. The van der Waals surface area contributed by atoms with Crippen molar-refractivity contribution in [3.63, 3.8) is 0 Å². The van der Waals surface area contributed by atoms with Crippen LogP contribution in [0.15, 0.2) is 41.3 Å². The molecule has 8 heteroatoms. The van der Waals surface area contributed by atoms with E-state index in [4.69, 9.17) is 4.74 Å². The first-order valence-corrected chi connectivity index (χ1v) is 10.3. The van der Waals surface area contributed by atoms with Gasteiger partial charge in [0.25, 0.3) is 10.0 Å². The molecule has 148 valence electrons. The van der Waals surface area contributed by atoms with Gasteiger partial charge in [-0.1, -0.05) is 6.07 Å². The third kappa shape index (κ3) is 3.73. The molecule has 0 atom stereocenters. The van der Waals surface area contributed by atoms with Crippen LogP contribution < -0.4 is 9.62 Å². The lowest BCUT2D eigenvalue weighted by Crippen LogP contribution is -2.24. The van der Waals surface area contributed by atoms with Crippen molar-refractivity contribution in [1.82, 2.24) is 0 Å². The van der Waals surface area contributed by atoms with E-state index < -0.39 is 16.0 Å². The highest BCUT2D eigenvalue weighted by atomic mass is 32.2. The predicted molar refractivity (Wildman–Crippen MR) is 106 cm³/mol. The summed E-state index contributed by atoms with van der Waals surface area (Å²) in [6.07, 6.45) is 1.31. The summed E-state index contributed by atoms with van der Waals surface area (Å²) in [7, 11) is -2.59. The SMILES string of the molecule is COC(=O)c1cccc(NS(=O)(=O)c2ccc(N3CCCC3=O)c(C)c2)c1C. The van der Waals surface area contributed by atoms with E-state index in [1.165, 1.54) is 13.2 Å². The van der Waals surface area contributed by atoms with Crippen LogP contribution in [-0.2, 0) is 19.6 Å². The number of sulfonamides is 1. The van der Waals surface area contributed by atoms with Crippen LogP contribution in [-0.4, -0.2) is 33.9 Å². The second kappa shape index (κ2) is 7.63. The molecule has 0 aromatic heterocycles. The van der Waals surface area contributed by atoms with Crippen LogP contribution in [0.3, 0.4) is 0 Å². The van der Waals surface area contributed by atoms with Crippen LogP contribution in [0.2, 0.25) is 0 Å². The molecule has 0 bridgehead atoms. The monoisotopic (exact) mass is 402 g/mol. The molecule has 1 aliphatic heterocycles. The number of carbonyl (C=O) groups excluding carboxylic acids is 2. The quantitative estimate of drug-likeness (QED) is 0.776. The summed E-state index contributed by atoms with van der Waals surface area (Å²) in [5.41, 5.74) is 2.51. The van der Waals surface area contributed by atoms with Gasteiger partial charge in [0.2, 0.25) is 5.91 Å². The van der Waals surface area contributed by atoms with Crippen molar-refractivity contribution in [2.24, 2.45) is 0 Å². The maximum atomic E-state index is 12.8. The number of methoxy groups -OCH3 is 1. The van der Waals surface area contributed by atoms with E-state index in [1.807, 2.05) is 0 Å². The molecule has 0 aliphatic carbocycles. The average Bonchev–Trinajstić information content (AvgIpc) is 3.08. The van der Waals surface area contributed by atoms with Gasteiger partial charge in [-0.25, -0.2) is 13.2 Å². The minimum absolute atomic E-state index is 0.0482. The van der Waals surface area contributed by atoms with Crippen LogP contribution in [0.1, 0.15) is 34.3 Å². The van der Waals surface area contributed by atoms with Crippen molar-refractivity contribution in [3.8, 4) is 0 Å². The number of amides is 1. The van der Waals surface area contributed by atoms with Crippen LogP contribution in [0.4, 0.5) is 11.4 Å². The Morgan fingerprint density at radius 3 is 2.54 bits per heavy atom. The summed E-state index contributed by atoms with van der Waals surface area (Å²) in [5.74, 6) is -0.485. The number of anilines is 2. The molecule has 2 aromatic rings. The fourth-order valence-corrected chi connectivity index (χ4v) is 4.49. The third-order valence-electron chi connectivity index (χ3n) is 4.83. The Balaban J connectivity index is 1.91. The zero-order chi connectivity index (χ0) is 20.5. The number of nitrogens with zero attached hydrogens (tertiary/aromatic N) is 1. The standard InChI is InChI=1S/C20H22N2O5S/c1-13-12-15(9-10-18(13)22-11-5-8-19(22)23)28(25,26)21-17-7-4-6-16(14(17)2)20(24)27-3/h4,6-7,9-10,12,21H,5,8,11H2,1-3H3. The van der Waals surface area contributed by atoms with Gasteiger partial charge in [0, 0.05) is 18.7 Å². The first-order valence-electron chi connectivity index (χ1n) is 8.86. The summed E-state index contributed by atoms with van der Waals surface area (Å²) in [6, 6.07) is 9.43. The molecular weight excluding hydrogens is 380 g/mol. The van der Waals surface area contributed by atoms with Crippen LogP contribution >= 0.6 is 0 Å². The number of rotatable bonds is 5. The molecule has 0 radical (unpaired) electrons. The van der Waals surface area contributed by atoms with Gasteiger partial charge in [0.05, 0.1) is 23.3 Å². The number of ether oxygens (including phenoxy) is 1. The number of nitrogens with one attached hydrogen (secondary N) is 1. The molecule has 2 aromatic carbocycles. The first-order chi connectivity index (χ1) is 13.2.